The van der Waals surface area contributed by atoms with Gasteiger partial charge in [0.15, 0.2) is 18.1 Å². The summed E-state index contributed by atoms with van der Waals surface area (Å²) in [5.41, 5.74) is 2.67. The quantitative estimate of drug-likeness (QED) is 0.720. The Kier molecular flexibility index (Phi) is 5.52. The summed E-state index contributed by atoms with van der Waals surface area (Å²) in [6.07, 6.45) is 4.22. The number of esters is 1. The van der Waals surface area contributed by atoms with Crippen molar-refractivity contribution in [2.24, 2.45) is 0 Å². The topological polar surface area (TPSA) is 65.1 Å². The van der Waals surface area contributed by atoms with Gasteiger partial charge in [0, 0.05) is 23.8 Å². The summed E-state index contributed by atoms with van der Waals surface area (Å²) in [5, 5.41) is 1.86. The predicted octanol–water partition coefficient (Wildman–Crippen LogP) is 3.21. The molecule has 1 amide bonds. The summed E-state index contributed by atoms with van der Waals surface area (Å²) < 4.78 is 16.4. The summed E-state index contributed by atoms with van der Waals surface area (Å²) in [5.74, 6) is 0.767. The molecule has 1 aliphatic heterocycles. The molecule has 1 aliphatic carbocycles. The largest absolute Gasteiger partial charge is 0.486 e. The second-order valence-corrected chi connectivity index (χ2v) is 8.03. The lowest BCUT2D eigenvalue weighted by Gasteiger charge is -2.21. The summed E-state index contributed by atoms with van der Waals surface area (Å²) in [6, 6.07) is 5.63. The normalized spacial score (nSPS) is 14.9. The first-order chi connectivity index (χ1) is 13.6. The van der Waals surface area contributed by atoms with Crippen molar-refractivity contribution in [3.05, 3.63) is 45.1 Å². The van der Waals surface area contributed by atoms with E-state index in [1.807, 2.05) is 23.6 Å². The van der Waals surface area contributed by atoms with E-state index in [0.717, 1.165) is 36.1 Å². The minimum Gasteiger partial charge on any atom is -0.486 e. The Balaban J connectivity index is 1.32. The summed E-state index contributed by atoms with van der Waals surface area (Å²) >= 11 is 1.62. The van der Waals surface area contributed by atoms with Crippen molar-refractivity contribution in [3.8, 4) is 11.5 Å². The van der Waals surface area contributed by atoms with Gasteiger partial charge in [0.2, 0.25) is 0 Å². The van der Waals surface area contributed by atoms with Crippen LogP contribution in [0.1, 0.15) is 39.2 Å². The third-order valence-corrected chi connectivity index (χ3v) is 6.15. The van der Waals surface area contributed by atoms with Gasteiger partial charge in [-0.1, -0.05) is 6.07 Å². The molecule has 7 heteroatoms. The maximum absolute atomic E-state index is 12.4. The molecule has 0 bridgehead atoms. The van der Waals surface area contributed by atoms with Crippen molar-refractivity contribution in [3.63, 3.8) is 0 Å². The van der Waals surface area contributed by atoms with Crippen LogP contribution < -0.4 is 9.47 Å². The highest BCUT2D eigenvalue weighted by Gasteiger charge is 2.22. The van der Waals surface area contributed by atoms with Gasteiger partial charge >= 0.3 is 5.97 Å². The van der Waals surface area contributed by atoms with Crippen LogP contribution in [0.4, 0.5) is 0 Å². The highest BCUT2D eigenvalue weighted by atomic mass is 32.1. The molecule has 2 aromatic rings. The van der Waals surface area contributed by atoms with E-state index < -0.39 is 5.97 Å². The average molecular weight is 401 g/mol. The van der Waals surface area contributed by atoms with Crippen LogP contribution in [-0.2, 0) is 28.9 Å². The van der Waals surface area contributed by atoms with E-state index in [1.54, 1.807) is 23.3 Å². The zero-order valence-corrected chi connectivity index (χ0v) is 16.7. The minimum absolute atomic E-state index is 0.243. The van der Waals surface area contributed by atoms with Crippen LogP contribution in [-0.4, -0.2) is 43.6 Å². The monoisotopic (exact) mass is 401 g/mol. The molecule has 2 aliphatic rings. The van der Waals surface area contributed by atoms with Crippen LogP contribution in [0, 0.1) is 0 Å². The second kappa shape index (κ2) is 8.22. The van der Waals surface area contributed by atoms with E-state index in [1.165, 1.54) is 11.3 Å². The zero-order chi connectivity index (χ0) is 19.5. The van der Waals surface area contributed by atoms with E-state index in [2.05, 4.69) is 0 Å². The Hall–Kier alpha value is -2.54. The van der Waals surface area contributed by atoms with Gasteiger partial charge in [0.25, 0.3) is 5.91 Å². The summed E-state index contributed by atoms with van der Waals surface area (Å²) in [6.45, 7) is 1.21. The van der Waals surface area contributed by atoms with E-state index in [-0.39, 0.29) is 12.5 Å². The fourth-order valence-corrected chi connectivity index (χ4v) is 4.64. The molecule has 28 heavy (non-hydrogen) atoms. The van der Waals surface area contributed by atoms with Gasteiger partial charge in [-0.05, 0) is 48.9 Å². The number of benzene rings is 1. The number of hydrogen-bond donors (Lipinski definition) is 0. The molecule has 0 N–H and O–H groups in total. The van der Waals surface area contributed by atoms with Gasteiger partial charge in [-0.15, -0.1) is 11.3 Å². The molecule has 0 unspecified atom stereocenters. The highest BCUT2D eigenvalue weighted by molar-refractivity contribution is 7.10. The number of carbonyl (C=O) groups is 2. The molecule has 148 valence electrons. The second-order valence-electron chi connectivity index (χ2n) is 7.06. The van der Waals surface area contributed by atoms with Gasteiger partial charge in [-0.3, -0.25) is 4.79 Å². The Morgan fingerprint density at radius 1 is 1.14 bits per heavy atom. The Labute approximate surface area is 168 Å². The fourth-order valence-electron chi connectivity index (χ4n) is 3.53. The maximum atomic E-state index is 12.4. The number of rotatable bonds is 5. The number of amides is 1. The number of hydrogen-bond acceptors (Lipinski definition) is 6. The molecule has 0 fully saturated rings. The van der Waals surface area contributed by atoms with Gasteiger partial charge in [0.05, 0.1) is 5.56 Å². The Morgan fingerprint density at radius 3 is 2.79 bits per heavy atom. The molecule has 0 spiro atoms. The highest BCUT2D eigenvalue weighted by Crippen LogP contribution is 2.32. The number of carbonyl (C=O) groups excluding carboxylic acids is 2. The third kappa shape index (κ3) is 3.99. The number of thiophene rings is 1. The van der Waals surface area contributed by atoms with Crippen LogP contribution in [0.25, 0.3) is 0 Å². The maximum Gasteiger partial charge on any atom is 0.339 e. The fraction of sp³-hybridized carbons (Fsp3) is 0.429. The lowest BCUT2D eigenvalue weighted by Crippen LogP contribution is -2.31. The van der Waals surface area contributed by atoms with Crippen LogP contribution in [0.2, 0.25) is 0 Å². The van der Waals surface area contributed by atoms with Crippen molar-refractivity contribution >= 4 is 23.2 Å². The first kappa shape index (κ1) is 18.8. The number of nitrogens with zero attached hydrogens (tertiary/aromatic N) is 1. The van der Waals surface area contributed by atoms with Gasteiger partial charge in [-0.2, -0.15) is 0 Å². The lowest BCUT2D eigenvalue weighted by atomic mass is 9.96. The number of fused-ring (bicyclic) bond motifs is 2. The van der Waals surface area contributed by atoms with Crippen LogP contribution >= 0.6 is 11.3 Å². The van der Waals surface area contributed by atoms with E-state index in [9.17, 15) is 9.59 Å². The zero-order valence-electron chi connectivity index (χ0n) is 15.9. The Morgan fingerprint density at radius 2 is 1.93 bits per heavy atom. The van der Waals surface area contributed by atoms with Gasteiger partial charge < -0.3 is 19.1 Å². The molecule has 0 saturated carbocycles. The summed E-state index contributed by atoms with van der Waals surface area (Å²) in [4.78, 5) is 27.6. The molecule has 0 radical (unpaired) electrons. The van der Waals surface area contributed by atoms with E-state index in [4.69, 9.17) is 14.2 Å². The van der Waals surface area contributed by atoms with Crippen molar-refractivity contribution in [1.82, 2.24) is 4.90 Å². The van der Waals surface area contributed by atoms with E-state index >= 15 is 0 Å². The standard InChI is InChI=1S/C21H23NO5S/c1-22(11-14-6-7-17-18(10-14)26-9-8-25-17)20(23)12-27-21(24)16-13-28-19-5-3-2-4-15(16)19/h6-7,10,13H,2-5,8-9,11-12H2,1H3. The first-order valence-corrected chi connectivity index (χ1v) is 10.4. The molecule has 6 nitrogen and oxygen atoms in total. The number of aryl methyl sites for hydroxylation is 1. The molecule has 1 aromatic heterocycles. The van der Waals surface area contributed by atoms with E-state index in [0.29, 0.717) is 31.1 Å². The predicted molar refractivity (Wildman–Crippen MR) is 105 cm³/mol. The lowest BCUT2D eigenvalue weighted by molar-refractivity contribution is -0.133. The number of likely N-dealkylation sites (N-methyl/N-ethyl adjacent to an activating group) is 1. The average Bonchev–Trinajstić information content (AvgIpc) is 3.16. The van der Waals surface area contributed by atoms with Crippen LogP contribution in [0.5, 0.6) is 11.5 Å². The van der Waals surface area contributed by atoms with Crippen molar-refractivity contribution in [2.75, 3.05) is 26.9 Å². The minimum atomic E-state index is -0.402. The van der Waals surface area contributed by atoms with Gasteiger partial charge in [-0.25, -0.2) is 4.79 Å². The third-order valence-electron chi connectivity index (χ3n) is 5.06. The first-order valence-electron chi connectivity index (χ1n) is 9.50. The molecule has 4 rings (SSSR count). The smallest absolute Gasteiger partial charge is 0.339 e. The molecule has 0 atom stereocenters. The van der Waals surface area contributed by atoms with Crippen LogP contribution in [0.3, 0.4) is 0 Å². The molecular formula is C21H23NO5S. The van der Waals surface area contributed by atoms with Crippen LogP contribution in [0.15, 0.2) is 23.6 Å². The molecule has 0 saturated heterocycles. The van der Waals surface area contributed by atoms with Crippen molar-refractivity contribution < 1.29 is 23.8 Å². The van der Waals surface area contributed by atoms with Crippen molar-refractivity contribution in [2.45, 2.75) is 32.2 Å². The molecule has 2 heterocycles. The van der Waals surface area contributed by atoms with Gasteiger partial charge in [0.1, 0.15) is 13.2 Å². The number of ether oxygens (including phenoxy) is 3. The Bertz CT molecular complexity index is 891. The van der Waals surface area contributed by atoms with Crippen molar-refractivity contribution in [1.29, 1.82) is 0 Å². The molecular weight excluding hydrogens is 378 g/mol. The summed E-state index contributed by atoms with van der Waals surface area (Å²) in [7, 11) is 1.69. The SMILES string of the molecule is CN(Cc1ccc2c(c1)OCCO2)C(=O)COC(=O)c1csc2c1CCCC2. The molecule has 1 aromatic carbocycles.